The van der Waals surface area contributed by atoms with Crippen molar-refractivity contribution in [3.63, 3.8) is 0 Å². The second-order valence-corrected chi connectivity index (χ2v) is 9.44. The van der Waals surface area contributed by atoms with Crippen molar-refractivity contribution in [1.29, 1.82) is 0 Å². The lowest BCUT2D eigenvalue weighted by atomic mass is 9.49. The molecule has 0 N–H and O–H groups in total. The van der Waals surface area contributed by atoms with Crippen molar-refractivity contribution in [3.8, 4) is 0 Å². The van der Waals surface area contributed by atoms with Gasteiger partial charge in [0, 0.05) is 24.2 Å². The molecular weight excluding hydrogens is 364 g/mol. The molecule has 4 fully saturated rings. The molecule has 0 aromatic carbocycles. The highest BCUT2D eigenvalue weighted by molar-refractivity contribution is 5.89. The normalized spacial score (nSPS) is 47.2. The summed E-state index contributed by atoms with van der Waals surface area (Å²) in [5.41, 5.74) is -1.03. The lowest BCUT2D eigenvalue weighted by Gasteiger charge is -2.61. The third-order valence-electron chi connectivity index (χ3n) is 8.26. The highest BCUT2D eigenvalue weighted by Gasteiger charge is 2.71. The Morgan fingerprint density at radius 2 is 1.89 bits per heavy atom. The molecule has 1 heterocycles. The first-order valence-corrected chi connectivity index (χ1v) is 10.2. The lowest BCUT2D eigenvalue weighted by Crippen LogP contribution is -2.68. The number of Topliss-reactive ketones (excluding diaryl/α,β-unsaturated/α-hetero) is 1. The van der Waals surface area contributed by atoms with Crippen LogP contribution in [0.4, 0.5) is 0 Å². The van der Waals surface area contributed by atoms with Crippen molar-refractivity contribution in [2.24, 2.45) is 28.6 Å². The van der Waals surface area contributed by atoms with Gasteiger partial charge in [0.25, 0.3) is 12.3 Å². The van der Waals surface area contributed by atoms with Crippen molar-refractivity contribution >= 4 is 24.2 Å². The van der Waals surface area contributed by atoms with Crippen LogP contribution in [0.2, 0.25) is 0 Å². The smallest absolute Gasteiger partial charge is 0.312 e. The Kier molecular flexibility index (Phi) is 4.36. The molecule has 7 nitrogen and oxygen atoms in total. The molecule has 0 radical (unpaired) electrons. The van der Waals surface area contributed by atoms with Crippen LogP contribution in [0.15, 0.2) is 0 Å². The third kappa shape index (κ3) is 2.47. The summed E-state index contributed by atoms with van der Waals surface area (Å²) in [6.07, 6.45) is 3.61. The van der Waals surface area contributed by atoms with Crippen LogP contribution in [0.25, 0.3) is 0 Å². The molecule has 4 aliphatic rings. The number of carbonyl (C=O) groups excluding carboxylic acids is 4. The molecule has 0 bridgehead atoms. The van der Waals surface area contributed by atoms with Gasteiger partial charge in [0.15, 0.2) is 0 Å². The second kappa shape index (κ2) is 6.29. The largest absolute Gasteiger partial charge is 0.462 e. The number of hydrogen-bond donors (Lipinski definition) is 0. The van der Waals surface area contributed by atoms with E-state index in [-0.39, 0.29) is 30.0 Å². The SMILES string of the molecule is CC(=O)O[C@H]1CC[C@]2(C)[C@H]3CC[C@]4(C)C(=O)CC[C@H]4[C@@H]3C(=O)OC2(OC=O)C1. The van der Waals surface area contributed by atoms with Gasteiger partial charge in [-0.3, -0.25) is 19.2 Å². The minimum Gasteiger partial charge on any atom is -0.462 e. The molecule has 3 saturated carbocycles. The summed E-state index contributed by atoms with van der Waals surface area (Å²) < 4.78 is 16.7. The summed E-state index contributed by atoms with van der Waals surface area (Å²) in [6, 6.07) is 0. The molecule has 0 aromatic rings. The average molecular weight is 392 g/mol. The highest BCUT2D eigenvalue weighted by Crippen LogP contribution is 2.65. The fraction of sp³-hybridized carbons (Fsp3) is 0.810. The fourth-order valence-electron chi connectivity index (χ4n) is 6.72. The third-order valence-corrected chi connectivity index (χ3v) is 8.26. The van der Waals surface area contributed by atoms with Crippen molar-refractivity contribution in [2.45, 2.75) is 77.6 Å². The number of carbonyl (C=O) groups is 4. The van der Waals surface area contributed by atoms with Crippen LogP contribution in [-0.4, -0.2) is 36.1 Å². The van der Waals surface area contributed by atoms with Crippen LogP contribution < -0.4 is 0 Å². The van der Waals surface area contributed by atoms with Gasteiger partial charge >= 0.3 is 11.9 Å². The van der Waals surface area contributed by atoms with Crippen LogP contribution >= 0.6 is 0 Å². The van der Waals surface area contributed by atoms with Crippen LogP contribution in [0, 0.1) is 28.6 Å². The molecule has 0 spiro atoms. The fourth-order valence-corrected chi connectivity index (χ4v) is 6.72. The molecule has 1 aliphatic heterocycles. The molecule has 1 unspecified atom stereocenters. The first kappa shape index (κ1) is 19.4. The van der Waals surface area contributed by atoms with Gasteiger partial charge in [0.1, 0.15) is 11.9 Å². The van der Waals surface area contributed by atoms with E-state index in [4.69, 9.17) is 14.2 Å². The van der Waals surface area contributed by atoms with Crippen LogP contribution in [0.5, 0.6) is 0 Å². The van der Waals surface area contributed by atoms with Gasteiger partial charge < -0.3 is 14.2 Å². The maximum absolute atomic E-state index is 13.2. The molecular formula is C21H28O7. The molecule has 1 saturated heterocycles. The van der Waals surface area contributed by atoms with Crippen molar-refractivity contribution in [1.82, 2.24) is 0 Å². The van der Waals surface area contributed by atoms with Gasteiger partial charge in [-0.1, -0.05) is 13.8 Å². The van der Waals surface area contributed by atoms with E-state index in [1.54, 1.807) is 0 Å². The summed E-state index contributed by atoms with van der Waals surface area (Å²) in [5, 5.41) is 0. The minimum atomic E-state index is -1.43. The first-order chi connectivity index (χ1) is 13.2. The zero-order valence-electron chi connectivity index (χ0n) is 16.7. The van der Waals surface area contributed by atoms with Crippen LogP contribution in [-0.2, 0) is 33.4 Å². The monoisotopic (exact) mass is 392 g/mol. The molecule has 0 amide bonds. The molecule has 4 rings (SSSR count). The number of hydrogen-bond acceptors (Lipinski definition) is 7. The number of rotatable bonds is 3. The van der Waals surface area contributed by atoms with E-state index in [9.17, 15) is 19.2 Å². The van der Waals surface area contributed by atoms with Crippen molar-refractivity contribution < 1.29 is 33.4 Å². The number of ketones is 1. The van der Waals surface area contributed by atoms with E-state index < -0.39 is 34.7 Å². The standard InChI is InChI=1S/C21H28O7/c1-12(23)27-13-6-9-20(3)15-7-8-19(2)14(4-5-16(19)24)17(15)18(25)28-21(20,10-13)26-11-22/h11,13-15,17H,4-10H2,1-3H3/t13-,14-,15-,17-,19-,20+,21?/m0/s1. The van der Waals surface area contributed by atoms with E-state index >= 15 is 0 Å². The number of ether oxygens (including phenoxy) is 3. The molecule has 0 aromatic heterocycles. The lowest BCUT2D eigenvalue weighted by molar-refractivity contribution is -0.329. The van der Waals surface area contributed by atoms with Crippen LogP contribution in [0.3, 0.4) is 0 Å². The zero-order valence-corrected chi connectivity index (χ0v) is 16.7. The zero-order chi connectivity index (χ0) is 20.3. The Hall–Kier alpha value is -1.92. The summed E-state index contributed by atoms with van der Waals surface area (Å²) in [7, 11) is 0. The van der Waals surface area contributed by atoms with Gasteiger partial charge in [-0.05, 0) is 43.9 Å². The molecule has 3 aliphatic carbocycles. The van der Waals surface area contributed by atoms with Crippen molar-refractivity contribution in [3.05, 3.63) is 0 Å². The Bertz CT molecular complexity index is 732. The molecule has 28 heavy (non-hydrogen) atoms. The van der Waals surface area contributed by atoms with E-state index in [1.807, 2.05) is 13.8 Å². The quantitative estimate of drug-likeness (QED) is 0.538. The van der Waals surface area contributed by atoms with E-state index in [2.05, 4.69) is 0 Å². The Labute approximate surface area is 164 Å². The Morgan fingerprint density at radius 1 is 1.14 bits per heavy atom. The highest BCUT2D eigenvalue weighted by atomic mass is 16.7. The average Bonchev–Trinajstić information content (AvgIpc) is 2.91. The van der Waals surface area contributed by atoms with Gasteiger partial charge in [0.2, 0.25) is 0 Å². The van der Waals surface area contributed by atoms with Gasteiger partial charge in [-0.15, -0.1) is 0 Å². The number of esters is 2. The molecule has 7 atom stereocenters. The summed E-state index contributed by atoms with van der Waals surface area (Å²) in [4.78, 5) is 48.5. The second-order valence-electron chi connectivity index (χ2n) is 9.44. The van der Waals surface area contributed by atoms with Gasteiger partial charge in [-0.25, -0.2) is 0 Å². The number of fused-ring (bicyclic) bond motifs is 5. The molecule has 154 valence electrons. The predicted molar refractivity (Wildman–Crippen MR) is 95.5 cm³/mol. The van der Waals surface area contributed by atoms with E-state index in [1.165, 1.54) is 6.92 Å². The topological polar surface area (TPSA) is 96.0 Å². The molecule has 7 heteroatoms. The van der Waals surface area contributed by atoms with Gasteiger partial charge in [-0.2, -0.15) is 0 Å². The van der Waals surface area contributed by atoms with Crippen LogP contribution in [0.1, 0.15) is 65.7 Å². The van der Waals surface area contributed by atoms with Crippen molar-refractivity contribution in [2.75, 3.05) is 0 Å². The summed E-state index contributed by atoms with van der Waals surface area (Å²) in [5.74, 6) is -2.40. The minimum absolute atomic E-state index is 0.0245. The van der Waals surface area contributed by atoms with E-state index in [0.29, 0.717) is 32.2 Å². The summed E-state index contributed by atoms with van der Waals surface area (Å²) in [6.45, 7) is 5.67. The van der Waals surface area contributed by atoms with E-state index in [0.717, 1.165) is 12.8 Å². The first-order valence-electron chi connectivity index (χ1n) is 10.2. The Morgan fingerprint density at radius 3 is 2.57 bits per heavy atom. The predicted octanol–water partition coefficient (Wildman–Crippen LogP) is 2.55. The summed E-state index contributed by atoms with van der Waals surface area (Å²) >= 11 is 0. The Balaban J connectivity index is 1.71. The maximum Gasteiger partial charge on any atom is 0.312 e. The maximum atomic E-state index is 13.2. The van der Waals surface area contributed by atoms with Gasteiger partial charge in [0.05, 0.1) is 12.3 Å².